The summed E-state index contributed by atoms with van der Waals surface area (Å²) in [6, 6.07) is 8.37. The Morgan fingerprint density at radius 2 is 2.12 bits per heavy atom. The molecule has 2 heterocycles. The topological polar surface area (TPSA) is 67.9 Å². The van der Waals surface area contributed by atoms with Gasteiger partial charge in [0.15, 0.2) is 0 Å². The third-order valence-electron chi connectivity index (χ3n) is 6.20. The Labute approximate surface area is 200 Å². The Kier molecular flexibility index (Phi) is 7.54. The lowest BCUT2D eigenvalue weighted by Gasteiger charge is -2.18. The number of benzene rings is 1. The van der Waals surface area contributed by atoms with E-state index in [1.54, 1.807) is 6.08 Å². The first kappa shape index (κ1) is 23.2. The van der Waals surface area contributed by atoms with Gasteiger partial charge in [-0.15, -0.1) is 0 Å². The van der Waals surface area contributed by atoms with Gasteiger partial charge >= 0.3 is 5.97 Å². The lowest BCUT2D eigenvalue weighted by molar-refractivity contribution is -0.139. The van der Waals surface area contributed by atoms with Gasteiger partial charge in [-0.2, -0.15) is 0 Å². The summed E-state index contributed by atoms with van der Waals surface area (Å²) in [4.78, 5) is 19.2. The molecule has 1 atom stereocenters. The van der Waals surface area contributed by atoms with Crippen LogP contribution in [0.2, 0.25) is 0 Å². The lowest BCUT2D eigenvalue weighted by atomic mass is 9.94. The number of allylic oxidation sites excluding steroid dienone is 3. The first-order valence-electron chi connectivity index (χ1n) is 11.6. The highest BCUT2D eigenvalue weighted by atomic mass is 35.5. The number of nitrogens with two attached hydrogens (primary N) is 1. The summed E-state index contributed by atoms with van der Waals surface area (Å²) in [5, 5.41) is 0.594. The predicted octanol–water partition coefficient (Wildman–Crippen LogP) is 5.19. The molecule has 0 aromatic heterocycles. The van der Waals surface area contributed by atoms with E-state index in [0.29, 0.717) is 29.3 Å². The number of anilines is 1. The molecular weight excluding hydrogens is 434 g/mol. The highest BCUT2D eigenvalue weighted by Crippen LogP contribution is 2.32. The number of ether oxygens (including phenoxy) is 1. The molecular formula is C27H30ClN3O2. The lowest BCUT2D eigenvalue weighted by Crippen LogP contribution is -2.17. The number of nitrogens with zero attached hydrogens (tertiary/aromatic N) is 2. The first-order chi connectivity index (χ1) is 16.0. The van der Waals surface area contributed by atoms with Crippen molar-refractivity contribution in [1.82, 2.24) is 0 Å². The molecule has 172 valence electrons. The number of carbonyl (C=O) groups excluding carboxylic acids is 1. The van der Waals surface area contributed by atoms with E-state index in [-0.39, 0.29) is 11.9 Å². The highest BCUT2D eigenvalue weighted by molar-refractivity contribution is 6.31. The van der Waals surface area contributed by atoms with Crippen molar-refractivity contribution in [3.05, 3.63) is 81.9 Å². The number of halogens is 1. The average Bonchev–Trinajstić information content (AvgIpc) is 3.45. The minimum Gasteiger partial charge on any atom is -0.462 e. The molecule has 4 rings (SSSR count). The zero-order valence-electron chi connectivity index (χ0n) is 18.9. The van der Waals surface area contributed by atoms with E-state index in [1.807, 2.05) is 24.4 Å². The van der Waals surface area contributed by atoms with Crippen molar-refractivity contribution in [3.8, 4) is 0 Å². The Hall–Kier alpha value is -3.01. The van der Waals surface area contributed by atoms with Crippen LogP contribution in [0.4, 0.5) is 5.69 Å². The summed E-state index contributed by atoms with van der Waals surface area (Å²) in [7, 11) is 0. The van der Waals surface area contributed by atoms with Crippen molar-refractivity contribution in [3.63, 3.8) is 0 Å². The molecule has 6 heteroatoms. The molecule has 0 amide bonds. The molecule has 0 saturated carbocycles. The van der Waals surface area contributed by atoms with Crippen molar-refractivity contribution in [2.75, 3.05) is 24.6 Å². The van der Waals surface area contributed by atoms with Crippen LogP contribution >= 0.6 is 11.6 Å². The fourth-order valence-corrected chi connectivity index (χ4v) is 4.59. The fourth-order valence-electron chi connectivity index (χ4n) is 4.42. The molecule has 1 fully saturated rings. The van der Waals surface area contributed by atoms with E-state index >= 15 is 0 Å². The van der Waals surface area contributed by atoms with Gasteiger partial charge in [0.2, 0.25) is 0 Å². The summed E-state index contributed by atoms with van der Waals surface area (Å²) in [6.45, 7) is 6.53. The molecule has 1 unspecified atom stereocenters. The van der Waals surface area contributed by atoms with Gasteiger partial charge < -0.3 is 15.4 Å². The van der Waals surface area contributed by atoms with Crippen LogP contribution in [0.1, 0.15) is 37.7 Å². The number of unbranched alkanes of at least 4 members (excludes halogenated alkanes) is 1. The van der Waals surface area contributed by atoms with Gasteiger partial charge in [-0.05, 0) is 61.4 Å². The van der Waals surface area contributed by atoms with Crippen LogP contribution in [0.15, 0.2) is 81.3 Å². The Bertz CT molecular complexity index is 1090. The van der Waals surface area contributed by atoms with Gasteiger partial charge in [0.25, 0.3) is 0 Å². The zero-order valence-corrected chi connectivity index (χ0v) is 19.6. The van der Waals surface area contributed by atoms with Crippen LogP contribution in [0.25, 0.3) is 0 Å². The first-order valence-corrected chi connectivity index (χ1v) is 12.0. The number of aliphatic imine (C=N–C) groups is 1. The van der Waals surface area contributed by atoms with Crippen molar-refractivity contribution >= 4 is 29.5 Å². The SMILES string of the molecule is C=C(Cc1cccc(N2CCCC2)c1)C(=O)OCCCCC1C=NC2=C1C=C(Cl)C=C=C2N. The Morgan fingerprint density at radius 1 is 1.30 bits per heavy atom. The van der Waals surface area contributed by atoms with Gasteiger partial charge in [-0.1, -0.05) is 36.0 Å². The average molecular weight is 464 g/mol. The van der Waals surface area contributed by atoms with Crippen LogP contribution in [0, 0.1) is 5.92 Å². The molecule has 0 radical (unpaired) electrons. The zero-order chi connectivity index (χ0) is 23.2. The number of hydrogen-bond donors (Lipinski definition) is 1. The number of rotatable bonds is 9. The summed E-state index contributed by atoms with van der Waals surface area (Å²) in [5.41, 5.74) is 14.1. The molecule has 2 aliphatic heterocycles. The third kappa shape index (κ3) is 5.87. The molecule has 0 spiro atoms. The number of carbonyl (C=O) groups is 1. The predicted molar refractivity (Wildman–Crippen MR) is 134 cm³/mol. The smallest absolute Gasteiger partial charge is 0.333 e. The Morgan fingerprint density at radius 3 is 2.94 bits per heavy atom. The molecule has 33 heavy (non-hydrogen) atoms. The van der Waals surface area contributed by atoms with Crippen LogP contribution in [-0.4, -0.2) is 31.9 Å². The largest absolute Gasteiger partial charge is 0.462 e. The molecule has 5 nitrogen and oxygen atoms in total. The van der Waals surface area contributed by atoms with Crippen molar-refractivity contribution < 1.29 is 9.53 Å². The quantitative estimate of drug-likeness (QED) is 0.237. The van der Waals surface area contributed by atoms with Gasteiger partial charge in [0.05, 0.1) is 12.3 Å². The minimum absolute atomic E-state index is 0.161. The van der Waals surface area contributed by atoms with Crippen molar-refractivity contribution in [2.24, 2.45) is 16.6 Å². The second kappa shape index (κ2) is 10.7. The second-order valence-corrected chi connectivity index (χ2v) is 9.13. The number of esters is 1. The summed E-state index contributed by atoms with van der Waals surface area (Å²) < 4.78 is 5.46. The van der Waals surface area contributed by atoms with E-state index in [9.17, 15) is 4.79 Å². The molecule has 0 bridgehead atoms. The van der Waals surface area contributed by atoms with Crippen LogP contribution < -0.4 is 10.6 Å². The summed E-state index contributed by atoms with van der Waals surface area (Å²) in [6.07, 6.45) is 11.0. The molecule has 1 aliphatic carbocycles. The van der Waals surface area contributed by atoms with Gasteiger partial charge in [0.1, 0.15) is 5.70 Å². The monoisotopic (exact) mass is 463 g/mol. The maximum Gasteiger partial charge on any atom is 0.333 e. The molecule has 3 aliphatic rings. The minimum atomic E-state index is -0.323. The molecule has 2 N–H and O–H groups in total. The second-order valence-electron chi connectivity index (χ2n) is 8.70. The van der Waals surface area contributed by atoms with Crippen molar-refractivity contribution in [2.45, 2.75) is 38.5 Å². The van der Waals surface area contributed by atoms with E-state index in [2.05, 4.69) is 34.3 Å². The van der Waals surface area contributed by atoms with Crippen molar-refractivity contribution in [1.29, 1.82) is 0 Å². The maximum absolute atomic E-state index is 12.4. The summed E-state index contributed by atoms with van der Waals surface area (Å²) in [5.74, 6) is -0.161. The van der Waals surface area contributed by atoms with E-state index in [1.165, 1.54) is 18.5 Å². The number of hydrogen-bond acceptors (Lipinski definition) is 5. The fraction of sp³-hybridized carbons (Fsp3) is 0.370. The van der Waals surface area contributed by atoms with E-state index in [4.69, 9.17) is 22.1 Å². The van der Waals surface area contributed by atoms with Gasteiger partial charge in [-0.3, -0.25) is 4.99 Å². The normalized spacial score (nSPS) is 19.3. The van der Waals surface area contributed by atoms with Crippen LogP contribution in [-0.2, 0) is 16.0 Å². The maximum atomic E-state index is 12.4. The molecule has 1 aromatic carbocycles. The van der Waals surface area contributed by atoms with Crippen LogP contribution in [0.3, 0.4) is 0 Å². The summed E-state index contributed by atoms with van der Waals surface area (Å²) >= 11 is 6.18. The van der Waals surface area contributed by atoms with E-state index < -0.39 is 0 Å². The standard InChI is InChI=1S/C27H30ClN3O2/c1-19(15-20-7-6-9-23(16-20)31-12-3-4-13-31)27(32)33-14-5-2-8-21-18-30-26-24(21)17-22(28)10-11-25(26)29/h6-7,9-10,16-18,21H,1-5,8,12-15,29H2. The molecule has 1 saturated heterocycles. The van der Waals surface area contributed by atoms with E-state index in [0.717, 1.165) is 49.2 Å². The Balaban J connectivity index is 1.19. The molecule has 1 aromatic rings. The van der Waals surface area contributed by atoms with Gasteiger partial charge in [0, 0.05) is 54.0 Å². The third-order valence-corrected chi connectivity index (χ3v) is 6.42. The van der Waals surface area contributed by atoms with Crippen LogP contribution in [0.5, 0.6) is 0 Å². The van der Waals surface area contributed by atoms with Gasteiger partial charge in [-0.25, -0.2) is 4.79 Å². The highest BCUT2D eigenvalue weighted by Gasteiger charge is 2.23.